The Morgan fingerprint density at radius 3 is 2.52 bits per heavy atom. The van der Waals surface area contributed by atoms with Gasteiger partial charge in [0.15, 0.2) is 0 Å². The molecule has 2 fully saturated rings. The first-order chi connectivity index (χ1) is 12.0. The van der Waals surface area contributed by atoms with Crippen LogP contribution in [0.25, 0.3) is 0 Å². The minimum atomic E-state index is -0.125. The van der Waals surface area contributed by atoms with E-state index in [0.717, 1.165) is 23.2 Å². The van der Waals surface area contributed by atoms with Crippen LogP contribution in [0.2, 0.25) is 0 Å². The van der Waals surface area contributed by atoms with Crippen LogP contribution in [0.4, 0.5) is 11.5 Å². The van der Waals surface area contributed by atoms with Gasteiger partial charge >= 0.3 is 0 Å². The maximum Gasteiger partial charge on any atom is 0.258 e. The normalized spacial score (nSPS) is 18.2. The zero-order chi connectivity index (χ0) is 17.4. The largest absolute Gasteiger partial charge is 0.371 e. The standard InChI is InChI=1S/C19H19Br2N3O/c20-13-4-5-14(18(25)23-17-3-1-2-16(21)22-17)15(12-13)24-10-8-19(6-7-19)9-11-24/h1-5,12H,6-11H2,(H,22,23,25). The van der Waals surface area contributed by atoms with Crippen LogP contribution in [0, 0.1) is 5.41 Å². The number of hydrogen-bond donors (Lipinski definition) is 1. The number of carbonyl (C=O) groups excluding carboxylic acids is 1. The van der Waals surface area contributed by atoms with Crippen molar-refractivity contribution >= 4 is 49.3 Å². The number of benzene rings is 1. The molecule has 0 unspecified atom stereocenters. The van der Waals surface area contributed by atoms with Crippen molar-refractivity contribution in [2.24, 2.45) is 5.41 Å². The van der Waals surface area contributed by atoms with Gasteiger partial charge in [0.2, 0.25) is 0 Å². The molecule has 4 nitrogen and oxygen atoms in total. The number of nitrogens with one attached hydrogen (secondary N) is 1. The fourth-order valence-corrected chi connectivity index (χ4v) is 4.21. The van der Waals surface area contributed by atoms with Crippen LogP contribution >= 0.6 is 31.9 Å². The summed E-state index contributed by atoms with van der Waals surface area (Å²) in [6.07, 6.45) is 5.21. The van der Waals surface area contributed by atoms with Crippen LogP contribution in [-0.4, -0.2) is 24.0 Å². The van der Waals surface area contributed by atoms with Gasteiger partial charge in [-0.1, -0.05) is 22.0 Å². The van der Waals surface area contributed by atoms with E-state index in [1.807, 2.05) is 30.3 Å². The van der Waals surface area contributed by atoms with E-state index in [2.05, 4.69) is 47.1 Å². The van der Waals surface area contributed by atoms with Crippen LogP contribution < -0.4 is 10.2 Å². The van der Waals surface area contributed by atoms with Gasteiger partial charge in [-0.15, -0.1) is 0 Å². The van der Waals surface area contributed by atoms with E-state index < -0.39 is 0 Å². The summed E-state index contributed by atoms with van der Waals surface area (Å²) in [5.41, 5.74) is 2.31. The Kier molecular flexibility index (Phi) is 4.58. The molecule has 0 bridgehead atoms. The molecule has 1 aliphatic carbocycles. The third-order valence-corrected chi connectivity index (χ3v) is 6.22. The molecular weight excluding hydrogens is 446 g/mol. The molecule has 2 aliphatic rings. The van der Waals surface area contributed by atoms with Crippen molar-refractivity contribution < 1.29 is 4.79 Å². The first-order valence-electron chi connectivity index (χ1n) is 8.53. The number of pyridine rings is 1. The Balaban J connectivity index is 1.57. The Bertz CT molecular complexity index is 810. The molecule has 1 N–H and O–H groups in total. The van der Waals surface area contributed by atoms with Gasteiger partial charge in [-0.3, -0.25) is 4.79 Å². The zero-order valence-electron chi connectivity index (χ0n) is 13.8. The molecule has 25 heavy (non-hydrogen) atoms. The topological polar surface area (TPSA) is 45.2 Å². The van der Waals surface area contributed by atoms with Crippen molar-refractivity contribution in [3.05, 3.63) is 51.0 Å². The highest BCUT2D eigenvalue weighted by Gasteiger charge is 2.44. The van der Waals surface area contributed by atoms with Gasteiger partial charge in [-0.05, 0) is 77.4 Å². The summed E-state index contributed by atoms with van der Waals surface area (Å²) in [5, 5.41) is 2.90. The van der Waals surface area contributed by atoms with Crippen molar-refractivity contribution in [1.82, 2.24) is 4.98 Å². The number of anilines is 2. The molecule has 1 spiro atoms. The van der Waals surface area contributed by atoms with Crippen molar-refractivity contribution in [3.63, 3.8) is 0 Å². The minimum absolute atomic E-state index is 0.125. The third kappa shape index (κ3) is 3.75. The molecule has 1 amide bonds. The van der Waals surface area contributed by atoms with Crippen molar-refractivity contribution in [1.29, 1.82) is 0 Å². The number of aromatic nitrogens is 1. The number of hydrogen-bond acceptors (Lipinski definition) is 3. The number of rotatable bonds is 3. The number of nitrogens with zero attached hydrogens (tertiary/aromatic N) is 2. The van der Waals surface area contributed by atoms with E-state index in [0.29, 0.717) is 21.4 Å². The predicted molar refractivity (Wildman–Crippen MR) is 107 cm³/mol. The van der Waals surface area contributed by atoms with Crippen LogP contribution in [0.3, 0.4) is 0 Å². The summed E-state index contributed by atoms with van der Waals surface area (Å²) >= 11 is 6.88. The molecule has 2 aromatic rings. The lowest BCUT2D eigenvalue weighted by molar-refractivity contribution is 0.102. The summed E-state index contributed by atoms with van der Waals surface area (Å²) in [7, 11) is 0. The molecule has 0 atom stereocenters. The lowest BCUT2D eigenvalue weighted by atomic mass is 9.93. The van der Waals surface area contributed by atoms with Crippen LogP contribution in [-0.2, 0) is 0 Å². The first kappa shape index (κ1) is 17.0. The lowest BCUT2D eigenvalue weighted by Gasteiger charge is -2.35. The van der Waals surface area contributed by atoms with Gasteiger partial charge < -0.3 is 10.2 Å². The highest BCUT2D eigenvalue weighted by atomic mass is 79.9. The maximum absolute atomic E-state index is 12.8. The van der Waals surface area contributed by atoms with E-state index in [1.54, 1.807) is 6.07 Å². The lowest BCUT2D eigenvalue weighted by Crippen LogP contribution is -2.35. The van der Waals surface area contributed by atoms with Gasteiger partial charge in [-0.2, -0.15) is 0 Å². The Labute approximate surface area is 164 Å². The predicted octanol–water partition coefficient (Wildman–Crippen LogP) is 5.24. The van der Waals surface area contributed by atoms with E-state index in [1.165, 1.54) is 25.7 Å². The third-order valence-electron chi connectivity index (χ3n) is 5.28. The fourth-order valence-electron chi connectivity index (χ4n) is 3.52. The number of halogens is 2. The highest BCUT2D eigenvalue weighted by molar-refractivity contribution is 9.10. The van der Waals surface area contributed by atoms with Gasteiger partial charge in [0.1, 0.15) is 10.4 Å². The molecule has 4 rings (SSSR count). The van der Waals surface area contributed by atoms with E-state index in [-0.39, 0.29) is 5.91 Å². The quantitative estimate of drug-likeness (QED) is 0.631. The smallest absolute Gasteiger partial charge is 0.258 e. The number of piperidine rings is 1. The Morgan fingerprint density at radius 2 is 1.84 bits per heavy atom. The summed E-state index contributed by atoms with van der Waals surface area (Å²) in [6, 6.07) is 11.3. The molecule has 1 aromatic carbocycles. The monoisotopic (exact) mass is 463 g/mol. The van der Waals surface area contributed by atoms with Gasteiger partial charge in [0.25, 0.3) is 5.91 Å². The average molecular weight is 465 g/mol. The van der Waals surface area contributed by atoms with Crippen LogP contribution in [0.15, 0.2) is 45.5 Å². The van der Waals surface area contributed by atoms with Gasteiger partial charge in [0, 0.05) is 17.6 Å². The second-order valence-corrected chi connectivity index (χ2v) is 8.68. The van der Waals surface area contributed by atoms with Gasteiger partial charge in [0.05, 0.1) is 11.3 Å². The Hall–Kier alpha value is -1.40. The van der Waals surface area contributed by atoms with Crippen molar-refractivity contribution in [3.8, 4) is 0 Å². The maximum atomic E-state index is 12.8. The number of carbonyl (C=O) groups is 1. The molecule has 6 heteroatoms. The zero-order valence-corrected chi connectivity index (χ0v) is 16.9. The molecule has 1 aromatic heterocycles. The second kappa shape index (κ2) is 6.72. The van der Waals surface area contributed by atoms with Crippen LogP contribution in [0.5, 0.6) is 0 Å². The SMILES string of the molecule is O=C(Nc1cccc(Br)n1)c1ccc(Br)cc1N1CCC2(CC1)CC2. The first-order valence-corrected chi connectivity index (χ1v) is 10.1. The van der Waals surface area contributed by atoms with Crippen molar-refractivity contribution in [2.45, 2.75) is 25.7 Å². The fraction of sp³-hybridized carbons (Fsp3) is 0.368. The van der Waals surface area contributed by atoms with Crippen LogP contribution in [0.1, 0.15) is 36.0 Å². The molecule has 1 saturated heterocycles. The van der Waals surface area contributed by atoms with E-state index >= 15 is 0 Å². The molecule has 2 heterocycles. The average Bonchev–Trinajstić information content (AvgIpc) is 3.34. The number of amides is 1. The Morgan fingerprint density at radius 1 is 1.08 bits per heavy atom. The van der Waals surface area contributed by atoms with E-state index in [9.17, 15) is 4.79 Å². The highest BCUT2D eigenvalue weighted by Crippen LogP contribution is 2.54. The van der Waals surface area contributed by atoms with Crippen molar-refractivity contribution in [2.75, 3.05) is 23.3 Å². The minimum Gasteiger partial charge on any atom is -0.371 e. The van der Waals surface area contributed by atoms with Gasteiger partial charge in [-0.25, -0.2) is 4.98 Å². The summed E-state index contributed by atoms with van der Waals surface area (Å²) in [4.78, 5) is 19.5. The molecule has 0 radical (unpaired) electrons. The summed E-state index contributed by atoms with van der Waals surface area (Å²) in [5.74, 6) is 0.420. The molecular formula is C19H19Br2N3O. The van der Waals surface area contributed by atoms with E-state index in [4.69, 9.17) is 0 Å². The second-order valence-electron chi connectivity index (χ2n) is 6.95. The summed E-state index contributed by atoms with van der Waals surface area (Å²) in [6.45, 7) is 2.04. The molecule has 1 saturated carbocycles. The summed E-state index contributed by atoms with van der Waals surface area (Å²) < 4.78 is 1.69. The molecule has 1 aliphatic heterocycles. The molecule has 130 valence electrons.